The van der Waals surface area contributed by atoms with Gasteiger partial charge in [-0.05, 0) is 24.5 Å². The van der Waals surface area contributed by atoms with Crippen LogP contribution in [-0.2, 0) is 14.4 Å². The molecular formula is C17H21ClN2O4. The number of nitrogens with one attached hydrogen (secondary N) is 1. The molecule has 0 aliphatic carbocycles. The minimum atomic E-state index is -1.07. The number of rotatable bonds is 6. The molecule has 1 unspecified atom stereocenters. The highest BCUT2D eigenvalue weighted by Gasteiger charge is 2.37. The van der Waals surface area contributed by atoms with Crippen LogP contribution >= 0.6 is 11.6 Å². The average molecular weight is 353 g/mol. The van der Waals surface area contributed by atoms with Crippen LogP contribution in [0.5, 0.6) is 0 Å². The third kappa shape index (κ3) is 4.26. The molecule has 7 heteroatoms. The largest absolute Gasteiger partial charge is 0.480 e. The summed E-state index contributed by atoms with van der Waals surface area (Å²) in [6, 6.07) is 5.99. The van der Waals surface area contributed by atoms with Gasteiger partial charge in [0.05, 0.1) is 16.6 Å². The lowest BCUT2D eigenvalue weighted by atomic mass is 10.0. The van der Waals surface area contributed by atoms with Gasteiger partial charge in [0.15, 0.2) is 0 Å². The van der Waals surface area contributed by atoms with Gasteiger partial charge in [0, 0.05) is 13.0 Å². The monoisotopic (exact) mass is 352 g/mol. The van der Waals surface area contributed by atoms with Gasteiger partial charge in [-0.25, -0.2) is 4.79 Å². The molecule has 2 N–H and O–H groups in total. The number of carboxylic acid groups (broad SMARTS) is 1. The number of halogens is 1. The van der Waals surface area contributed by atoms with Crippen molar-refractivity contribution in [2.75, 3.05) is 11.4 Å². The van der Waals surface area contributed by atoms with Crippen LogP contribution in [0.25, 0.3) is 0 Å². The molecule has 130 valence electrons. The van der Waals surface area contributed by atoms with Gasteiger partial charge in [-0.2, -0.15) is 0 Å². The van der Waals surface area contributed by atoms with Crippen molar-refractivity contribution in [3.63, 3.8) is 0 Å². The molecule has 1 aromatic rings. The molecule has 0 bridgehead atoms. The van der Waals surface area contributed by atoms with Gasteiger partial charge >= 0.3 is 5.97 Å². The van der Waals surface area contributed by atoms with E-state index in [4.69, 9.17) is 11.6 Å². The summed E-state index contributed by atoms with van der Waals surface area (Å²) in [5, 5.41) is 12.2. The summed E-state index contributed by atoms with van der Waals surface area (Å²) in [5.41, 5.74) is 0.566. The highest BCUT2D eigenvalue weighted by Crippen LogP contribution is 2.31. The predicted molar refractivity (Wildman–Crippen MR) is 90.9 cm³/mol. The van der Waals surface area contributed by atoms with Crippen molar-refractivity contribution in [1.29, 1.82) is 0 Å². The molecule has 1 saturated heterocycles. The number of para-hydroxylation sites is 1. The lowest BCUT2D eigenvalue weighted by molar-refractivity contribution is -0.142. The van der Waals surface area contributed by atoms with Gasteiger partial charge in [-0.3, -0.25) is 9.59 Å². The van der Waals surface area contributed by atoms with Crippen LogP contribution in [0.15, 0.2) is 24.3 Å². The third-order valence-electron chi connectivity index (χ3n) is 3.96. The predicted octanol–water partition coefficient (Wildman–Crippen LogP) is 2.31. The highest BCUT2D eigenvalue weighted by atomic mass is 35.5. The minimum absolute atomic E-state index is 0.0467. The summed E-state index contributed by atoms with van der Waals surface area (Å²) in [6.45, 7) is 3.98. The number of hydrogen-bond acceptors (Lipinski definition) is 3. The molecule has 0 spiro atoms. The first kappa shape index (κ1) is 18.3. The van der Waals surface area contributed by atoms with Crippen molar-refractivity contribution >= 4 is 35.1 Å². The van der Waals surface area contributed by atoms with Crippen molar-refractivity contribution in [3.8, 4) is 0 Å². The van der Waals surface area contributed by atoms with Gasteiger partial charge in [0.1, 0.15) is 6.04 Å². The van der Waals surface area contributed by atoms with E-state index in [2.05, 4.69) is 5.32 Å². The number of carbonyl (C=O) groups excluding carboxylic acids is 2. The fourth-order valence-electron chi connectivity index (χ4n) is 2.77. The quantitative estimate of drug-likeness (QED) is 0.822. The Morgan fingerprint density at radius 2 is 2.04 bits per heavy atom. The Hall–Kier alpha value is -2.08. The number of nitrogens with zero attached hydrogens (tertiary/aromatic N) is 1. The zero-order valence-corrected chi connectivity index (χ0v) is 14.4. The summed E-state index contributed by atoms with van der Waals surface area (Å²) in [4.78, 5) is 37.3. The Labute approximate surface area is 145 Å². The number of carbonyl (C=O) groups is 3. The SMILES string of the molecule is CC(C)C[C@H](NC(=O)C1CC(=O)N(c2ccccc2Cl)C1)C(=O)O. The van der Waals surface area contributed by atoms with Crippen LogP contribution in [0, 0.1) is 11.8 Å². The molecule has 1 heterocycles. The number of benzene rings is 1. The third-order valence-corrected chi connectivity index (χ3v) is 4.28. The van der Waals surface area contributed by atoms with Crippen LogP contribution in [-0.4, -0.2) is 35.5 Å². The summed E-state index contributed by atoms with van der Waals surface area (Å²) < 4.78 is 0. The minimum Gasteiger partial charge on any atom is -0.480 e. The smallest absolute Gasteiger partial charge is 0.326 e. The van der Waals surface area contributed by atoms with Crippen LogP contribution in [0.4, 0.5) is 5.69 Å². The number of hydrogen-bond donors (Lipinski definition) is 2. The van der Waals surface area contributed by atoms with Gasteiger partial charge in [-0.15, -0.1) is 0 Å². The van der Waals surface area contributed by atoms with Crippen molar-refractivity contribution in [3.05, 3.63) is 29.3 Å². The molecule has 6 nitrogen and oxygen atoms in total. The van der Waals surface area contributed by atoms with E-state index in [0.29, 0.717) is 17.1 Å². The number of amides is 2. The average Bonchev–Trinajstić information content (AvgIpc) is 2.88. The molecular weight excluding hydrogens is 332 g/mol. The molecule has 1 aliphatic heterocycles. The zero-order chi connectivity index (χ0) is 17.9. The Balaban J connectivity index is 2.06. The standard InChI is InChI=1S/C17H21ClN2O4/c1-10(2)7-13(17(23)24)19-16(22)11-8-15(21)20(9-11)14-6-4-3-5-12(14)18/h3-6,10-11,13H,7-9H2,1-2H3,(H,19,22)(H,23,24)/t11?,13-/m0/s1. The van der Waals surface area contributed by atoms with E-state index in [1.54, 1.807) is 24.3 Å². The van der Waals surface area contributed by atoms with Crippen molar-refractivity contribution in [1.82, 2.24) is 5.32 Å². The normalized spacial score (nSPS) is 18.8. The maximum Gasteiger partial charge on any atom is 0.326 e. The van der Waals surface area contributed by atoms with E-state index in [9.17, 15) is 19.5 Å². The first-order valence-electron chi connectivity index (χ1n) is 7.87. The number of aliphatic carboxylic acids is 1. The first-order valence-corrected chi connectivity index (χ1v) is 8.25. The molecule has 0 saturated carbocycles. The molecule has 2 rings (SSSR count). The Morgan fingerprint density at radius 1 is 1.38 bits per heavy atom. The summed E-state index contributed by atoms with van der Waals surface area (Å²) >= 11 is 6.11. The van der Waals surface area contributed by atoms with Crippen molar-refractivity contribution in [2.24, 2.45) is 11.8 Å². The van der Waals surface area contributed by atoms with E-state index in [1.165, 1.54) is 4.90 Å². The number of anilines is 1. The summed E-state index contributed by atoms with van der Waals surface area (Å²) in [5.74, 6) is -2.12. The van der Waals surface area contributed by atoms with E-state index < -0.39 is 23.8 Å². The van der Waals surface area contributed by atoms with Crippen LogP contribution in [0.2, 0.25) is 5.02 Å². The van der Waals surface area contributed by atoms with Crippen molar-refractivity contribution in [2.45, 2.75) is 32.7 Å². The van der Waals surface area contributed by atoms with Crippen molar-refractivity contribution < 1.29 is 19.5 Å². The molecule has 1 aromatic carbocycles. The second kappa shape index (κ2) is 7.66. The van der Waals surface area contributed by atoms with E-state index in [-0.39, 0.29) is 24.8 Å². The van der Waals surface area contributed by atoms with Crippen LogP contribution in [0.3, 0.4) is 0 Å². The summed E-state index contributed by atoms with van der Waals surface area (Å²) in [7, 11) is 0. The fourth-order valence-corrected chi connectivity index (χ4v) is 3.01. The molecule has 0 aromatic heterocycles. The lowest BCUT2D eigenvalue weighted by Gasteiger charge is -2.20. The van der Waals surface area contributed by atoms with E-state index in [1.807, 2.05) is 13.8 Å². The maximum absolute atomic E-state index is 12.4. The van der Waals surface area contributed by atoms with Gasteiger partial charge in [0.25, 0.3) is 0 Å². The lowest BCUT2D eigenvalue weighted by Crippen LogP contribution is -2.44. The maximum atomic E-state index is 12.4. The Morgan fingerprint density at radius 3 is 2.62 bits per heavy atom. The van der Waals surface area contributed by atoms with E-state index in [0.717, 1.165) is 0 Å². The topological polar surface area (TPSA) is 86.7 Å². The second-order valence-corrected chi connectivity index (χ2v) is 6.79. The van der Waals surface area contributed by atoms with Gasteiger partial charge in [-0.1, -0.05) is 37.6 Å². The number of carboxylic acids is 1. The Bertz CT molecular complexity index is 647. The highest BCUT2D eigenvalue weighted by molar-refractivity contribution is 6.33. The fraction of sp³-hybridized carbons (Fsp3) is 0.471. The first-order chi connectivity index (χ1) is 11.3. The second-order valence-electron chi connectivity index (χ2n) is 6.39. The molecule has 1 fully saturated rings. The van der Waals surface area contributed by atoms with E-state index >= 15 is 0 Å². The molecule has 0 radical (unpaired) electrons. The van der Waals surface area contributed by atoms with Crippen LogP contribution < -0.4 is 10.2 Å². The van der Waals surface area contributed by atoms with Gasteiger partial charge < -0.3 is 15.3 Å². The van der Waals surface area contributed by atoms with Crippen LogP contribution in [0.1, 0.15) is 26.7 Å². The van der Waals surface area contributed by atoms with Gasteiger partial charge in [0.2, 0.25) is 11.8 Å². The molecule has 2 amide bonds. The molecule has 1 aliphatic rings. The molecule has 24 heavy (non-hydrogen) atoms. The Kier molecular flexibility index (Phi) is 5.83. The molecule has 2 atom stereocenters. The zero-order valence-electron chi connectivity index (χ0n) is 13.7. The summed E-state index contributed by atoms with van der Waals surface area (Å²) in [6.07, 6.45) is 0.390.